The lowest BCUT2D eigenvalue weighted by Crippen LogP contribution is -2.44. The lowest BCUT2D eigenvalue weighted by atomic mass is 9.99. The van der Waals surface area contributed by atoms with Gasteiger partial charge in [0.25, 0.3) is 5.56 Å². The highest BCUT2D eigenvalue weighted by atomic mass is 16.6. The molecule has 0 atom stereocenters. The maximum atomic E-state index is 12.8. The summed E-state index contributed by atoms with van der Waals surface area (Å²) in [5.41, 5.74) is 3.56. The fourth-order valence-electron chi connectivity index (χ4n) is 5.02. The Labute approximate surface area is 206 Å². The summed E-state index contributed by atoms with van der Waals surface area (Å²) < 4.78 is 18.4. The summed E-state index contributed by atoms with van der Waals surface area (Å²) in [6.07, 6.45) is 5.63. The number of fused-ring (bicyclic) bond motifs is 2. The molecule has 0 aliphatic carbocycles. The number of rotatable bonds is 7. The lowest BCUT2D eigenvalue weighted by molar-refractivity contribution is 0.153. The van der Waals surface area contributed by atoms with E-state index in [1.165, 1.54) is 0 Å². The second kappa shape index (κ2) is 10.3. The smallest absolute Gasteiger partial charge is 0.251 e. The van der Waals surface area contributed by atoms with Gasteiger partial charge in [0.15, 0.2) is 19.5 Å². The summed E-state index contributed by atoms with van der Waals surface area (Å²) in [6.45, 7) is 7.33. The molecule has 0 aromatic carbocycles. The molecule has 0 spiro atoms. The molecule has 0 unspecified atom stereocenters. The van der Waals surface area contributed by atoms with Crippen LogP contribution in [-0.2, 0) is 13.1 Å². The van der Waals surface area contributed by atoms with Crippen molar-refractivity contribution in [2.75, 3.05) is 40.0 Å². The molecule has 0 radical (unpaired) electrons. The highest BCUT2D eigenvalue weighted by molar-refractivity contribution is 6.04. The maximum absolute atomic E-state index is 12.8. The third-order valence-electron chi connectivity index (χ3n) is 7.07. The van der Waals surface area contributed by atoms with E-state index in [1.807, 2.05) is 23.6 Å². The predicted octanol–water partition coefficient (Wildman–Crippen LogP) is 1.39. The standard InChI is InChI=1S/C25H32BN5O4/c1-17-11-24(32)30(21-13-20(33-2)14-28-25(17)21)8-7-29-5-3-19(4-6-29)31(26)16-18-12-22-23(15-27-18)35-10-9-34-22/h11-15,19H,3-10,16,26H2,1-2H3. The van der Waals surface area contributed by atoms with Gasteiger partial charge in [-0.25, -0.2) is 0 Å². The Morgan fingerprint density at radius 1 is 1.09 bits per heavy atom. The van der Waals surface area contributed by atoms with Crippen molar-refractivity contribution in [3.8, 4) is 17.2 Å². The minimum absolute atomic E-state index is 0.00611. The first-order valence-corrected chi connectivity index (χ1v) is 12.2. The van der Waals surface area contributed by atoms with Gasteiger partial charge in [-0.15, -0.1) is 0 Å². The molecule has 3 aromatic rings. The molecule has 10 heteroatoms. The summed E-state index contributed by atoms with van der Waals surface area (Å²) >= 11 is 0. The van der Waals surface area contributed by atoms with Crippen LogP contribution in [0.4, 0.5) is 0 Å². The van der Waals surface area contributed by atoms with Gasteiger partial charge >= 0.3 is 0 Å². The third kappa shape index (κ3) is 5.13. The minimum atomic E-state index is 0.00611. The molecule has 3 aromatic heterocycles. The fourth-order valence-corrected chi connectivity index (χ4v) is 5.02. The van der Waals surface area contributed by atoms with E-state index in [9.17, 15) is 4.79 Å². The molecular weight excluding hydrogens is 445 g/mol. The number of hydrogen-bond donors (Lipinski definition) is 0. The van der Waals surface area contributed by atoms with E-state index in [-0.39, 0.29) is 5.56 Å². The van der Waals surface area contributed by atoms with Crippen molar-refractivity contribution < 1.29 is 14.2 Å². The largest absolute Gasteiger partial charge is 0.495 e. The van der Waals surface area contributed by atoms with Crippen LogP contribution in [0.3, 0.4) is 0 Å². The van der Waals surface area contributed by atoms with E-state index in [2.05, 4.69) is 27.7 Å². The van der Waals surface area contributed by atoms with Crippen molar-refractivity contribution in [1.29, 1.82) is 0 Å². The molecule has 1 saturated heterocycles. The Hall–Kier alpha value is -3.11. The molecule has 9 nitrogen and oxygen atoms in total. The van der Waals surface area contributed by atoms with Gasteiger partial charge in [0.1, 0.15) is 19.0 Å². The number of piperidine rings is 1. The van der Waals surface area contributed by atoms with Crippen molar-refractivity contribution in [3.05, 3.63) is 52.2 Å². The lowest BCUT2D eigenvalue weighted by Gasteiger charge is -2.37. The molecule has 2 aliphatic rings. The third-order valence-corrected chi connectivity index (χ3v) is 7.07. The number of nitrogens with zero attached hydrogens (tertiary/aromatic N) is 5. The summed E-state index contributed by atoms with van der Waals surface area (Å²) in [4.78, 5) is 26.7. The van der Waals surface area contributed by atoms with Gasteiger partial charge in [-0.05, 0) is 38.4 Å². The van der Waals surface area contributed by atoms with E-state index < -0.39 is 0 Å². The van der Waals surface area contributed by atoms with Gasteiger partial charge in [0.2, 0.25) is 0 Å². The van der Waals surface area contributed by atoms with Crippen LogP contribution in [0.5, 0.6) is 17.2 Å². The van der Waals surface area contributed by atoms with Gasteiger partial charge in [-0.3, -0.25) is 14.8 Å². The zero-order valence-corrected chi connectivity index (χ0v) is 20.7. The first-order valence-electron chi connectivity index (χ1n) is 12.2. The van der Waals surface area contributed by atoms with E-state index >= 15 is 0 Å². The van der Waals surface area contributed by atoms with Crippen molar-refractivity contribution in [1.82, 2.24) is 24.2 Å². The molecule has 184 valence electrons. The molecule has 0 bridgehead atoms. The minimum Gasteiger partial charge on any atom is -0.495 e. The molecule has 0 N–H and O–H groups in total. The van der Waals surface area contributed by atoms with E-state index in [1.54, 1.807) is 25.6 Å². The summed E-state index contributed by atoms with van der Waals surface area (Å²) in [6, 6.07) is 6.07. The van der Waals surface area contributed by atoms with E-state index in [0.29, 0.717) is 31.5 Å². The first kappa shape index (κ1) is 23.6. The fraction of sp³-hybridized carbons (Fsp3) is 0.480. The Morgan fingerprint density at radius 2 is 1.86 bits per heavy atom. The molecule has 5 rings (SSSR count). The molecule has 1 fully saturated rings. The van der Waals surface area contributed by atoms with Crippen molar-refractivity contribution in [2.45, 2.75) is 38.9 Å². The van der Waals surface area contributed by atoms with Crippen molar-refractivity contribution >= 4 is 19.0 Å². The SMILES string of the molecule is BN(Cc1cc2c(cn1)OCCO2)C1CCN(CCn2c(=O)cc(C)c3ncc(OC)cc32)CC1. The van der Waals surface area contributed by atoms with E-state index in [0.717, 1.165) is 72.8 Å². The summed E-state index contributed by atoms with van der Waals surface area (Å²) in [5.74, 6) is 2.18. The highest BCUT2D eigenvalue weighted by Gasteiger charge is 2.23. The first-order chi connectivity index (χ1) is 17.0. The Balaban J connectivity index is 1.18. The topological polar surface area (TPSA) is 82.0 Å². The number of aromatic nitrogens is 3. The second-order valence-corrected chi connectivity index (χ2v) is 9.37. The average molecular weight is 477 g/mol. The molecule has 0 amide bonds. The van der Waals surface area contributed by atoms with Crippen LogP contribution in [0, 0.1) is 6.92 Å². The number of likely N-dealkylation sites (tertiary alicyclic amines) is 1. The van der Waals surface area contributed by atoms with Crippen molar-refractivity contribution in [2.24, 2.45) is 0 Å². The number of pyridine rings is 3. The zero-order valence-electron chi connectivity index (χ0n) is 20.7. The molecule has 5 heterocycles. The Morgan fingerprint density at radius 3 is 2.63 bits per heavy atom. The van der Waals surface area contributed by atoms with Crippen LogP contribution in [-0.4, -0.2) is 78.2 Å². The van der Waals surface area contributed by atoms with Crippen LogP contribution in [0.25, 0.3) is 11.0 Å². The molecular formula is C25H32BN5O4. The van der Waals surface area contributed by atoms with Crippen LogP contribution < -0.4 is 19.8 Å². The summed E-state index contributed by atoms with van der Waals surface area (Å²) in [7, 11) is 3.78. The highest BCUT2D eigenvalue weighted by Crippen LogP contribution is 2.30. The second-order valence-electron chi connectivity index (χ2n) is 9.37. The quantitative estimate of drug-likeness (QED) is 0.473. The number of methoxy groups -OCH3 is 1. The normalized spacial score (nSPS) is 16.7. The number of ether oxygens (including phenoxy) is 3. The molecule has 0 saturated carbocycles. The van der Waals surface area contributed by atoms with Crippen LogP contribution in [0.2, 0.25) is 0 Å². The van der Waals surface area contributed by atoms with Crippen LogP contribution >= 0.6 is 0 Å². The van der Waals surface area contributed by atoms with Gasteiger partial charge in [-0.1, -0.05) is 0 Å². The summed E-state index contributed by atoms with van der Waals surface area (Å²) in [5, 5.41) is 0. The molecule has 2 aliphatic heterocycles. The zero-order chi connectivity index (χ0) is 24.4. The van der Waals surface area contributed by atoms with Gasteiger partial charge in [-0.2, -0.15) is 0 Å². The van der Waals surface area contributed by atoms with Gasteiger partial charge in [0.05, 0.1) is 36.2 Å². The predicted molar refractivity (Wildman–Crippen MR) is 136 cm³/mol. The van der Waals surface area contributed by atoms with Crippen molar-refractivity contribution in [3.63, 3.8) is 0 Å². The maximum Gasteiger partial charge on any atom is 0.251 e. The molecule has 35 heavy (non-hydrogen) atoms. The monoisotopic (exact) mass is 477 g/mol. The van der Waals surface area contributed by atoms with Gasteiger partial charge in [0, 0.05) is 43.9 Å². The van der Waals surface area contributed by atoms with Gasteiger partial charge < -0.3 is 28.5 Å². The average Bonchev–Trinajstić information content (AvgIpc) is 2.88. The Kier molecular flexibility index (Phi) is 6.92. The Bertz CT molecular complexity index is 1260. The number of hydrogen-bond acceptors (Lipinski definition) is 8. The van der Waals surface area contributed by atoms with Crippen LogP contribution in [0.15, 0.2) is 35.4 Å². The number of aryl methyl sites for hydroxylation is 1. The van der Waals surface area contributed by atoms with E-state index in [4.69, 9.17) is 14.2 Å². The van der Waals surface area contributed by atoms with Crippen LogP contribution in [0.1, 0.15) is 24.1 Å².